The lowest BCUT2D eigenvalue weighted by atomic mass is 9.84. The number of carbonyl (C=O) groups excluding carboxylic acids is 2. The summed E-state index contributed by atoms with van der Waals surface area (Å²) in [5, 5.41) is 6.18. The van der Waals surface area contributed by atoms with Crippen molar-refractivity contribution in [2.45, 2.75) is 104 Å². The first kappa shape index (κ1) is 21.9. The molecule has 0 aliphatic heterocycles. The lowest BCUT2D eigenvalue weighted by Crippen LogP contribution is -2.62. The lowest BCUT2D eigenvalue weighted by molar-refractivity contribution is -0.136. The number of rotatable bonds is 10. The molecule has 0 aromatic carbocycles. The van der Waals surface area contributed by atoms with E-state index in [2.05, 4.69) is 24.5 Å². The Morgan fingerprint density at radius 1 is 0.870 bits per heavy atom. The van der Waals surface area contributed by atoms with Crippen LogP contribution in [0.5, 0.6) is 0 Å². The maximum absolute atomic E-state index is 13.0. The summed E-state index contributed by atoms with van der Waals surface area (Å²) in [7, 11) is 0. The minimum atomic E-state index is -0.778. The van der Waals surface area contributed by atoms with Crippen molar-refractivity contribution >= 4 is 11.8 Å². The number of nitrogens with one attached hydrogen (secondary N) is 2. The number of hydrogen-bond acceptors (Lipinski definition) is 2. The van der Waals surface area contributed by atoms with Gasteiger partial charge in [-0.05, 0) is 33.6 Å². The largest absolute Gasteiger partial charge is 0.349 e. The Morgan fingerprint density at radius 3 is 1.83 bits per heavy atom. The summed E-state index contributed by atoms with van der Waals surface area (Å²) in [6.07, 6.45) is 6.49. The molecule has 0 aromatic heterocycles. The van der Waals surface area contributed by atoms with Crippen LogP contribution in [-0.2, 0) is 9.59 Å². The highest BCUT2D eigenvalue weighted by molar-refractivity contribution is 5.92. The van der Waals surface area contributed by atoms with Gasteiger partial charge in [0.2, 0.25) is 11.8 Å². The van der Waals surface area contributed by atoms with E-state index in [9.17, 15) is 9.59 Å². The van der Waals surface area contributed by atoms with Gasteiger partial charge in [0.25, 0.3) is 0 Å². The monoisotopic (exact) mass is 326 g/mol. The van der Waals surface area contributed by atoms with Gasteiger partial charge in [-0.1, -0.05) is 59.8 Å². The Labute approximate surface area is 143 Å². The van der Waals surface area contributed by atoms with Gasteiger partial charge in [0, 0.05) is 11.5 Å². The summed E-state index contributed by atoms with van der Waals surface area (Å²) < 4.78 is 0. The summed E-state index contributed by atoms with van der Waals surface area (Å²) >= 11 is 0. The highest BCUT2D eigenvalue weighted by atomic mass is 16.2. The fourth-order valence-electron chi connectivity index (χ4n) is 2.53. The van der Waals surface area contributed by atoms with Crippen molar-refractivity contribution in [3.05, 3.63) is 0 Å². The van der Waals surface area contributed by atoms with Crippen molar-refractivity contribution in [2.75, 3.05) is 0 Å². The van der Waals surface area contributed by atoms with Crippen LogP contribution in [0.4, 0.5) is 0 Å². The van der Waals surface area contributed by atoms with E-state index in [0.717, 1.165) is 32.1 Å². The molecule has 0 saturated carbocycles. The SMILES string of the molecule is CCCCCC(CCCC)(NC(=O)C(C)C)C(=O)NC(C)(C)C. The molecule has 4 heteroatoms. The lowest BCUT2D eigenvalue weighted by Gasteiger charge is -2.37. The van der Waals surface area contributed by atoms with Crippen molar-refractivity contribution in [3.8, 4) is 0 Å². The molecule has 0 aliphatic carbocycles. The molecular weight excluding hydrogens is 288 g/mol. The summed E-state index contributed by atoms with van der Waals surface area (Å²) in [6, 6.07) is 0. The highest BCUT2D eigenvalue weighted by Gasteiger charge is 2.40. The molecule has 0 radical (unpaired) electrons. The van der Waals surface area contributed by atoms with Crippen LogP contribution in [0.1, 0.15) is 93.4 Å². The third kappa shape index (κ3) is 8.38. The summed E-state index contributed by atoms with van der Waals surface area (Å²) in [4.78, 5) is 25.3. The second-order valence-corrected chi connectivity index (χ2v) is 7.99. The molecule has 0 fully saturated rings. The van der Waals surface area contributed by atoms with Gasteiger partial charge in [0.1, 0.15) is 5.54 Å². The molecule has 0 spiro atoms. The topological polar surface area (TPSA) is 58.2 Å². The molecule has 0 aliphatic rings. The number of amides is 2. The quantitative estimate of drug-likeness (QED) is 0.592. The average molecular weight is 327 g/mol. The molecule has 0 saturated heterocycles. The second-order valence-electron chi connectivity index (χ2n) is 7.99. The summed E-state index contributed by atoms with van der Waals surface area (Å²) in [6.45, 7) is 13.9. The second kappa shape index (κ2) is 9.94. The predicted octanol–water partition coefficient (Wildman–Crippen LogP) is 4.18. The van der Waals surface area contributed by atoms with Gasteiger partial charge < -0.3 is 10.6 Å². The zero-order valence-corrected chi connectivity index (χ0v) is 16.3. The Bertz CT molecular complexity index is 372. The molecule has 0 aromatic rings. The first-order valence-electron chi connectivity index (χ1n) is 9.22. The van der Waals surface area contributed by atoms with Crippen molar-refractivity contribution in [1.82, 2.24) is 10.6 Å². The van der Waals surface area contributed by atoms with Crippen LogP contribution in [0.15, 0.2) is 0 Å². The van der Waals surface area contributed by atoms with Crippen LogP contribution in [0.3, 0.4) is 0 Å². The maximum Gasteiger partial charge on any atom is 0.246 e. The van der Waals surface area contributed by atoms with Gasteiger partial charge in [-0.3, -0.25) is 9.59 Å². The van der Waals surface area contributed by atoms with E-state index < -0.39 is 5.54 Å². The fraction of sp³-hybridized carbons (Fsp3) is 0.895. The zero-order chi connectivity index (χ0) is 18.1. The summed E-state index contributed by atoms with van der Waals surface area (Å²) in [5.41, 5.74) is -1.08. The van der Waals surface area contributed by atoms with E-state index in [0.29, 0.717) is 12.8 Å². The predicted molar refractivity (Wildman–Crippen MR) is 97.3 cm³/mol. The summed E-state index contributed by atoms with van der Waals surface area (Å²) in [5.74, 6) is -0.199. The fourth-order valence-corrected chi connectivity index (χ4v) is 2.53. The number of carbonyl (C=O) groups is 2. The van der Waals surface area contributed by atoms with Crippen molar-refractivity contribution < 1.29 is 9.59 Å². The van der Waals surface area contributed by atoms with Crippen LogP contribution >= 0.6 is 0 Å². The van der Waals surface area contributed by atoms with Crippen LogP contribution in [0.25, 0.3) is 0 Å². The molecular formula is C19H38N2O2. The van der Waals surface area contributed by atoms with E-state index in [1.165, 1.54) is 0 Å². The molecule has 23 heavy (non-hydrogen) atoms. The molecule has 4 nitrogen and oxygen atoms in total. The molecule has 0 heterocycles. The first-order chi connectivity index (χ1) is 10.6. The standard InChI is InChI=1S/C19H38N2O2/c1-8-10-12-14-19(13-11-9-2,20-16(22)15(3)4)17(23)21-18(5,6)7/h15H,8-14H2,1-7H3,(H,20,22)(H,21,23). The first-order valence-corrected chi connectivity index (χ1v) is 9.22. The van der Waals surface area contributed by atoms with E-state index in [1.54, 1.807) is 0 Å². The van der Waals surface area contributed by atoms with Gasteiger partial charge in [-0.2, -0.15) is 0 Å². The normalized spacial score (nSPS) is 14.4. The van der Waals surface area contributed by atoms with Crippen LogP contribution in [-0.4, -0.2) is 22.9 Å². The third-order valence-corrected chi connectivity index (χ3v) is 3.97. The van der Waals surface area contributed by atoms with Gasteiger partial charge >= 0.3 is 0 Å². The van der Waals surface area contributed by atoms with E-state index in [4.69, 9.17) is 0 Å². The highest BCUT2D eigenvalue weighted by Crippen LogP contribution is 2.24. The molecule has 0 rings (SSSR count). The van der Waals surface area contributed by atoms with Crippen molar-refractivity contribution in [2.24, 2.45) is 5.92 Å². The molecule has 0 bridgehead atoms. The maximum atomic E-state index is 13.0. The Morgan fingerprint density at radius 2 is 1.39 bits per heavy atom. The van der Waals surface area contributed by atoms with E-state index in [-0.39, 0.29) is 23.3 Å². The Kier molecular flexibility index (Phi) is 9.48. The minimum Gasteiger partial charge on any atom is -0.349 e. The van der Waals surface area contributed by atoms with Crippen LogP contribution in [0.2, 0.25) is 0 Å². The smallest absolute Gasteiger partial charge is 0.246 e. The van der Waals surface area contributed by atoms with Crippen LogP contribution < -0.4 is 10.6 Å². The number of hydrogen-bond donors (Lipinski definition) is 2. The minimum absolute atomic E-state index is 0.0384. The Hall–Kier alpha value is -1.06. The van der Waals surface area contributed by atoms with E-state index >= 15 is 0 Å². The van der Waals surface area contributed by atoms with Crippen LogP contribution in [0, 0.1) is 5.92 Å². The molecule has 2 N–H and O–H groups in total. The zero-order valence-electron chi connectivity index (χ0n) is 16.3. The third-order valence-electron chi connectivity index (χ3n) is 3.97. The Balaban J connectivity index is 5.42. The molecule has 136 valence electrons. The van der Waals surface area contributed by atoms with Gasteiger partial charge in [-0.25, -0.2) is 0 Å². The van der Waals surface area contributed by atoms with Gasteiger partial charge in [0.05, 0.1) is 0 Å². The van der Waals surface area contributed by atoms with Crippen molar-refractivity contribution in [1.29, 1.82) is 0 Å². The number of unbranched alkanes of at least 4 members (excludes halogenated alkanes) is 3. The van der Waals surface area contributed by atoms with Gasteiger partial charge in [0.15, 0.2) is 0 Å². The molecule has 2 amide bonds. The van der Waals surface area contributed by atoms with Crippen molar-refractivity contribution in [3.63, 3.8) is 0 Å². The molecule has 1 unspecified atom stereocenters. The molecule has 1 atom stereocenters. The average Bonchev–Trinajstić information content (AvgIpc) is 2.42. The van der Waals surface area contributed by atoms with E-state index in [1.807, 2.05) is 34.6 Å². The van der Waals surface area contributed by atoms with Gasteiger partial charge in [-0.15, -0.1) is 0 Å².